The number of ether oxygens (including phenoxy) is 1. The van der Waals surface area contributed by atoms with Crippen LogP contribution in [0.4, 0.5) is 13.2 Å². The molecule has 0 saturated heterocycles. The first kappa shape index (κ1) is 23.2. The molecule has 1 heterocycles. The number of halogens is 3. The third-order valence-electron chi connectivity index (χ3n) is 3.93. The van der Waals surface area contributed by atoms with Crippen molar-refractivity contribution in [3.63, 3.8) is 0 Å². The highest BCUT2D eigenvalue weighted by Crippen LogP contribution is 2.22. The zero-order chi connectivity index (χ0) is 21.5. The summed E-state index contributed by atoms with van der Waals surface area (Å²) in [5.74, 6) is -1.85. The van der Waals surface area contributed by atoms with Crippen LogP contribution in [0.2, 0.25) is 0 Å². The second-order valence-corrected chi connectivity index (χ2v) is 6.25. The third-order valence-corrected chi connectivity index (χ3v) is 3.93. The number of nitriles is 1. The number of aryl methyl sites for hydroxylation is 1. The number of hydrogen-bond acceptors (Lipinski definition) is 4. The van der Waals surface area contributed by atoms with E-state index in [0.29, 0.717) is 12.2 Å². The molecule has 0 aliphatic rings. The summed E-state index contributed by atoms with van der Waals surface area (Å²) in [7, 11) is 1.59. The van der Waals surface area contributed by atoms with Crippen LogP contribution in [0.3, 0.4) is 0 Å². The Kier molecular flexibility index (Phi) is 8.25. The lowest BCUT2D eigenvalue weighted by atomic mass is 10.1. The van der Waals surface area contributed by atoms with Gasteiger partial charge in [-0.15, -0.1) is 0 Å². The normalized spacial score (nSPS) is 13.0. The Morgan fingerprint density at radius 3 is 2.54 bits per heavy atom. The van der Waals surface area contributed by atoms with Crippen LogP contribution in [-0.2, 0) is 14.3 Å². The van der Waals surface area contributed by atoms with Crippen LogP contribution in [-0.4, -0.2) is 49.4 Å². The lowest BCUT2D eigenvalue weighted by Gasteiger charge is -2.17. The minimum Gasteiger partial charge on any atom is -0.383 e. The van der Waals surface area contributed by atoms with Crippen LogP contribution < -0.4 is 10.6 Å². The molecule has 0 saturated carbocycles. The first-order valence-corrected chi connectivity index (χ1v) is 8.41. The maximum absolute atomic E-state index is 12.1. The van der Waals surface area contributed by atoms with Gasteiger partial charge >= 0.3 is 6.18 Å². The van der Waals surface area contributed by atoms with Gasteiger partial charge in [-0.25, -0.2) is 0 Å². The number of amides is 2. The van der Waals surface area contributed by atoms with Crippen LogP contribution in [0.15, 0.2) is 11.6 Å². The fourth-order valence-corrected chi connectivity index (χ4v) is 2.76. The molecule has 1 atom stereocenters. The van der Waals surface area contributed by atoms with E-state index in [4.69, 9.17) is 4.74 Å². The molecule has 7 nitrogen and oxygen atoms in total. The van der Waals surface area contributed by atoms with Crippen molar-refractivity contribution in [1.82, 2.24) is 15.2 Å². The summed E-state index contributed by atoms with van der Waals surface area (Å²) in [5, 5.41) is 13.0. The molecular formula is C18H23F3N4O3. The fourth-order valence-electron chi connectivity index (χ4n) is 2.76. The van der Waals surface area contributed by atoms with Gasteiger partial charge in [0, 0.05) is 18.5 Å². The molecule has 154 valence electrons. The summed E-state index contributed by atoms with van der Waals surface area (Å²) >= 11 is 0. The lowest BCUT2D eigenvalue weighted by molar-refractivity contribution is -0.138. The highest BCUT2D eigenvalue weighted by atomic mass is 19.4. The van der Waals surface area contributed by atoms with E-state index >= 15 is 0 Å². The molecule has 0 bridgehead atoms. The maximum Gasteiger partial charge on any atom is 0.405 e. The number of methoxy groups -OCH3 is 1. The quantitative estimate of drug-likeness (QED) is 0.515. The summed E-state index contributed by atoms with van der Waals surface area (Å²) < 4.78 is 43.3. The Balaban J connectivity index is 2.86. The van der Waals surface area contributed by atoms with E-state index in [1.807, 2.05) is 31.4 Å². The van der Waals surface area contributed by atoms with E-state index in [-0.39, 0.29) is 11.6 Å². The van der Waals surface area contributed by atoms with Crippen molar-refractivity contribution in [2.24, 2.45) is 0 Å². The Bertz CT molecular complexity index is 791. The molecule has 0 aromatic carbocycles. The molecule has 2 amide bonds. The monoisotopic (exact) mass is 400 g/mol. The van der Waals surface area contributed by atoms with Crippen molar-refractivity contribution in [3.8, 4) is 6.07 Å². The highest BCUT2D eigenvalue weighted by molar-refractivity contribution is 6.03. The SMILES string of the molecule is COCC(C)n1c(C)cc(/C=C(\C#N)C(=O)NCC(=O)NCC(F)(F)F)c1C. The van der Waals surface area contributed by atoms with Crippen LogP contribution in [0.1, 0.15) is 29.9 Å². The molecule has 1 rings (SSSR count). The largest absolute Gasteiger partial charge is 0.405 e. The predicted octanol–water partition coefficient (Wildman–Crippen LogP) is 2.01. The molecule has 0 aliphatic carbocycles. The van der Waals surface area contributed by atoms with E-state index in [1.165, 1.54) is 6.08 Å². The predicted molar refractivity (Wildman–Crippen MR) is 96.2 cm³/mol. The number of aromatic nitrogens is 1. The molecule has 1 aromatic heterocycles. The first-order chi connectivity index (χ1) is 13.0. The van der Waals surface area contributed by atoms with Crippen molar-refractivity contribution >= 4 is 17.9 Å². The molecule has 0 radical (unpaired) electrons. The second-order valence-electron chi connectivity index (χ2n) is 6.25. The molecule has 2 N–H and O–H groups in total. The topological polar surface area (TPSA) is 96.2 Å². The van der Waals surface area contributed by atoms with Gasteiger partial charge in [0.25, 0.3) is 5.91 Å². The van der Waals surface area contributed by atoms with Gasteiger partial charge in [0.1, 0.15) is 18.2 Å². The van der Waals surface area contributed by atoms with E-state index in [2.05, 4.69) is 5.32 Å². The van der Waals surface area contributed by atoms with Crippen molar-refractivity contribution in [1.29, 1.82) is 5.26 Å². The Morgan fingerprint density at radius 1 is 1.36 bits per heavy atom. The van der Waals surface area contributed by atoms with Crippen LogP contribution in [0, 0.1) is 25.2 Å². The van der Waals surface area contributed by atoms with Gasteiger partial charge in [-0.3, -0.25) is 9.59 Å². The summed E-state index contributed by atoms with van der Waals surface area (Å²) in [6, 6.07) is 3.60. The average molecular weight is 400 g/mol. The number of hydrogen-bond donors (Lipinski definition) is 2. The lowest BCUT2D eigenvalue weighted by Crippen LogP contribution is -2.41. The summed E-state index contributed by atoms with van der Waals surface area (Å²) in [4.78, 5) is 23.5. The molecule has 28 heavy (non-hydrogen) atoms. The number of alkyl halides is 3. The van der Waals surface area contributed by atoms with Gasteiger partial charge in [0.15, 0.2) is 0 Å². The van der Waals surface area contributed by atoms with E-state index in [0.717, 1.165) is 11.4 Å². The number of carbonyl (C=O) groups is 2. The van der Waals surface area contributed by atoms with Crippen molar-refractivity contribution in [3.05, 3.63) is 28.6 Å². The molecular weight excluding hydrogens is 377 g/mol. The molecule has 0 aliphatic heterocycles. The van der Waals surface area contributed by atoms with E-state index in [9.17, 15) is 28.0 Å². The van der Waals surface area contributed by atoms with Crippen LogP contribution >= 0.6 is 0 Å². The first-order valence-electron chi connectivity index (χ1n) is 8.41. The summed E-state index contributed by atoms with van der Waals surface area (Å²) in [5.41, 5.74) is 2.12. The zero-order valence-corrected chi connectivity index (χ0v) is 16.1. The van der Waals surface area contributed by atoms with Crippen molar-refractivity contribution in [2.45, 2.75) is 33.0 Å². The number of nitrogens with one attached hydrogen (secondary N) is 2. The Hall–Kier alpha value is -2.80. The van der Waals surface area contributed by atoms with Gasteiger partial charge in [0.2, 0.25) is 5.91 Å². The molecule has 1 unspecified atom stereocenters. The van der Waals surface area contributed by atoms with Gasteiger partial charge < -0.3 is 19.9 Å². The molecule has 0 fully saturated rings. The number of rotatable bonds is 8. The maximum atomic E-state index is 12.1. The average Bonchev–Trinajstić information content (AvgIpc) is 2.88. The molecule has 0 spiro atoms. The molecule has 10 heteroatoms. The van der Waals surface area contributed by atoms with Crippen LogP contribution in [0.5, 0.6) is 0 Å². The molecule has 1 aromatic rings. The third kappa shape index (κ3) is 6.74. The second kappa shape index (κ2) is 9.94. The van der Waals surface area contributed by atoms with Gasteiger partial charge in [0.05, 0.1) is 19.2 Å². The number of nitrogens with zero attached hydrogens (tertiary/aromatic N) is 2. The van der Waals surface area contributed by atoms with Crippen molar-refractivity contribution < 1.29 is 27.5 Å². The fraction of sp³-hybridized carbons (Fsp3) is 0.500. The Labute approximate surface area is 161 Å². The van der Waals surface area contributed by atoms with Gasteiger partial charge in [-0.1, -0.05) is 0 Å². The standard InChI is InChI=1S/C18H23F3N4O3/c1-11-5-14(13(3)25(11)12(2)9-28-4)6-15(7-22)17(27)23-8-16(26)24-10-18(19,20)21/h5-6,12H,8-10H2,1-4H3,(H,23,27)(H,24,26)/b15-6+. The number of carbonyl (C=O) groups excluding carboxylic acids is 2. The van der Waals surface area contributed by atoms with Gasteiger partial charge in [-0.05, 0) is 38.5 Å². The minimum absolute atomic E-state index is 0.0452. The van der Waals surface area contributed by atoms with E-state index < -0.39 is 31.1 Å². The van der Waals surface area contributed by atoms with Crippen LogP contribution in [0.25, 0.3) is 6.08 Å². The smallest absolute Gasteiger partial charge is 0.383 e. The summed E-state index contributed by atoms with van der Waals surface area (Å²) in [6.45, 7) is 4.01. The highest BCUT2D eigenvalue weighted by Gasteiger charge is 2.27. The minimum atomic E-state index is -4.54. The summed E-state index contributed by atoms with van der Waals surface area (Å²) in [6.07, 6.45) is -3.17. The van der Waals surface area contributed by atoms with Crippen molar-refractivity contribution in [2.75, 3.05) is 26.8 Å². The zero-order valence-electron chi connectivity index (χ0n) is 16.1. The van der Waals surface area contributed by atoms with E-state index in [1.54, 1.807) is 18.5 Å². The van der Waals surface area contributed by atoms with Gasteiger partial charge in [-0.2, -0.15) is 18.4 Å². The Morgan fingerprint density at radius 2 is 2.00 bits per heavy atom.